The molecule has 0 saturated carbocycles. The lowest BCUT2D eigenvalue weighted by atomic mass is 9.95. The molecule has 4 nitrogen and oxygen atoms in total. The van der Waals surface area contributed by atoms with E-state index in [2.05, 4.69) is 11.9 Å². The largest absolute Gasteiger partial charge is 0.480 e. The Labute approximate surface area is 145 Å². The maximum atomic E-state index is 13.1. The third-order valence-electron chi connectivity index (χ3n) is 4.63. The minimum absolute atomic E-state index is 0.262. The minimum atomic E-state index is -0.895. The molecule has 2 atom stereocenters. The molecule has 1 aromatic carbocycles. The minimum Gasteiger partial charge on any atom is -0.480 e. The van der Waals surface area contributed by atoms with E-state index in [4.69, 9.17) is 0 Å². The average Bonchev–Trinajstić information content (AvgIpc) is 2.89. The molecule has 0 spiro atoms. The first-order valence-corrected chi connectivity index (χ1v) is 8.93. The number of benzene rings is 1. The van der Waals surface area contributed by atoms with E-state index in [1.165, 1.54) is 17.0 Å². The van der Waals surface area contributed by atoms with Crippen LogP contribution in [0.3, 0.4) is 0 Å². The molecule has 128 valence electrons. The number of nitrogens with zero attached hydrogens (tertiary/aromatic N) is 2. The molecule has 24 heavy (non-hydrogen) atoms. The number of carbonyl (C=O) groups is 1. The Hall–Kier alpha value is -1.79. The second-order valence-electron chi connectivity index (χ2n) is 6.32. The van der Waals surface area contributed by atoms with E-state index in [0.29, 0.717) is 12.1 Å². The summed E-state index contributed by atoms with van der Waals surface area (Å²) in [6.07, 6.45) is 1.96. The highest BCUT2D eigenvalue weighted by Gasteiger charge is 2.33. The number of hydrogen-bond donors (Lipinski definition) is 1. The van der Waals surface area contributed by atoms with Crippen LogP contribution in [0.2, 0.25) is 0 Å². The lowest BCUT2D eigenvalue weighted by Gasteiger charge is -2.36. The predicted octanol–water partition coefficient (Wildman–Crippen LogP) is 3.90. The lowest BCUT2D eigenvalue weighted by Crippen LogP contribution is -2.40. The number of likely N-dealkylation sites (tertiary alicyclic amines) is 1. The lowest BCUT2D eigenvalue weighted by molar-refractivity contribution is -0.144. The number of rotatable bonds is 4. The summed E-state index contributed by atoms with van der Waals surface area (Å²) >= 11 is 1.71. The van der Waals surface area contributed by atoms with Gasteiger partial charge in [-0.1, -0.05) is 12.1 Å². The summed E-state index contributed by atoms with van der Waals surface area (Å²) in [7, 11) is 0. The Kier molecular flexibility index (Phi) is 4.96. The maximum Gasteiger partial charge on any atom is 0.325 e. The van der Waals surface area contributed by atoms with Gasteiger partial charge in [-0.2, -0.15) is 0 Å². The quantitative estimate of drug-likeness (QED) is 0.910. The van der Waals surface area contributed by atoms with Crippen molar-refractivity contribution in [2.75, 3.05) is 13.1 Å². The summed E-state index contributed by atoms with van der Waals surface area (Å²) in [5, 5.41) is 10.8. The molecule has 1 aliphatic heterocycles. The van der Waals surface area contributed by atoms with Crippen molar-refractivity contribution in [1.82, 2.24) is 9.88 Å². The number of halogens is 1. The van der Waals surface area contributed by atoms with Crippen LogP contribution < -0.4 is 0 Å². The van der Waals surface area contributed by atoms with Crippen LogP contribution in [0.25, 0.3) is 0 Å². The van der Waals surface area contributed by atoms with Gasteiger partial charge in [-0.05, 0) is 50.9 Å². The number of thiazole rings is 1. The highest BCUT2D eigenvalue weighted by Crippen LogP contribution is 2.34. The molecule has 0 radical (unpaired) electrons. The van der Waals surface area contributed by atoms with Gasteiger partial charge in [0.15, 0.2) is 0 Å². The zero-order valence-corrected chi connectivity index (χ0v) is 14.6. The molecule has 3 rings (SSSR count). The highest BCUT2D eigenvalue weighted by atomic mass is 32.1. The molecule has 1 fully saturated rings. The van der Waals surface area contributed by atoms with Crippen LogP contribution in [0, 0.1) is 19.7 Å². The Bertz CT molecular complexity index is 710. The van der Waals surface area contributed by atoms with Gasteiger partial charge in [-0.15, -0.1) is 11.3 Å². The van der Waals surface area contributed by atoms with Crippen molar-refractivity contribution < 1.29 is 14.3 Å². The first-order valence-electron chi connectivity index (χ1n) is 8.12. The fourth-order valence-electron chi connectivity index (χ4n) is 3.27. The van der Waals surface area contributed by atoms with E-state index < -0.39 is 12.0 Å². The molecule has 2 heterocycles. The Morgan fingerprint density at radius 2 is 2.08 bits per heavy atom. The van der Waals surface area contributed by atoms with Gasteiger partial charge in [0.2, 0.25) is 0 Å². The van der Waals surface area contributed by atoms with Crippen LogP contribution in [-0.2, 0) is 4.79 Å². The van der Waals surface area contributed by atoms with Gasteiger partial charge in [0.1, 0.15) is 11.9 Å². The fraction of sp³-hybridized carbons (Fsp3) is 0.444. The molecule has 1 aliphatic rings. The van der Waals surface area contributed by atoms with E-state index in [0.717, 1.165) is 30.1 Å². The van der Waals surface area contributed by atoms with Crippen LogP contribution in [0.15, 0.2) is 24.3 Å². The van der Waals surface area contributed by atoms with Gasteiger partial charge in [0.25, 0.3) is 0 Å². The van der Waals surface area contributed by atoms with Crippen LogP contribution in [0.5, 0.6) is 0 Å². The van der Waals surface area contributed by atoms with Gasteiger partial charge < -0.3 is 5.11 Å². The van der Waals surface area contributed by atoms with Crippen molar-refractivity contribution >= 4 is 17.3 Å². The van der Waals surface area contributed by atoms with E-state index in [1.807, 2.05) is 11.8 Å². The van der Waals surface area contributed by atoms with Gasteiger partial charge in [0, 0.05) is 17.3 Å². The molecule has 0 bridgehead atoms. The molecule has 6 heteroatoms. The first kappa shape index (κ1) is 17.0. The summed E-state index contributed by atoms with van der Waals surface area (Å²) in [5.74, 6) is -0.986. The molecule has 1 saturated heterocycles. The van der Waals surface area contributed by atoms with Crippen molar-refractivity contribution in [1.29, 1.82) is 0 Å². The molecule has 0 amide bonds. The molecular formula is C18H21FN2O2S. The summed E-state index contributed by atoms with van der Waals surface area (Å²) in [6, 6.07) is 5.03. The number of carboxylic acids is 1. The fourth-order valence-corrected chi connectivity index (χ4v) is 4.32. The molecule has 0 aliphatic carbocycles. The number of aryl methyl sites for hydroxylation is 2. The monoisotopic (exact) mass is 348 g/mol. The van der Waals surface area contributed by atoms with Crippen LogP contribution in [0.1, 0.15) is 45.9 Å². The molecule has 2 unspecified atom stereocenters. The van der Waals surface area contributed by atoms with Crippen molar-refractivity contribution in [3.63, 3.8) is 0 Å². The van der Waals surface area contributed by atoms with Crippen LogP contribution in [0.4, 0.5) is 4.39 Å². The summed E-state index contributed by atoms with van der Waals surface area (Å²) < 4.78 is 13.1. The van der Waals surface area contributed by atoms with Crippen molar-refractivity contribution in [3.8, 4) is 0 Å². The number of aromatic nitrogens is 1. The summed E-state index contributed by atoms with van der Waals surface area (Å²) in [6.45, 7) is 5.47. The van der Waals surface area contributed by atoms with Crippen molar-refractivity contribution in [3.05, 3.63) is 51.2 Å². The highest BCUT2D eigenvalue weighted by molar-refractivity contribution is 7.11. The zero-order chi connectivity index (χ0) is 17.3. The third kappa shape index (κ3) is 3.49. The second kappa shape index (κ2) is 6.99. The van der Waals surface area contributed by atoms with E-state index >= 15 is 0 Å². The molecular weight excluding hydrogens is 327 g/mol. The summed E-state index contributed by atoms with van der Waals surface area (Å²) in [4.78, 5) is 19.7. The number of piperidine rings is 1. The zero-order valence-electron chi connectivity index (χ0n) is 13.8. The topological polar surface area (TPSA) is 53.4 Å². The average molecular weight is 348 g/mol. The predicted molar refractivity (Wildman–Crippen MR) is 91.9 cm³/mol. The number of carboxylic acid groups (broad SMARTS) is 1. The molecule has 1 aromatic heterocycles. The Morgan fingerprint density at radius 1 is 1.38 bits per heavy atom. The van der Waals surface area contributed by atoms with Gasteiger partial charge in [-0.25, -0.2) is 9.37 Å². The van der Waals surface area contributed by atoms with Crippen molar-refractivity contribution in [2.24, 2.45) is 0 Å². The number of aliphatic carboxylic acids is 1. The molecule has 1 N–H and O–H groups in total. The van der Waals surface area contributed by atoms with E-state index in [9.17, 15) is 14.3 Å². The smallest absolute Gasteiger partial charge is 0.325 e. The van der Waals surface area contributed by atoms with E-state index in [1.54, 1.807) is 23.5 Å². The van der Waals surface area contributed by atoms with Crippen molar-refractivity contribution in [2.45, 2.75) is 38.6 Å². The third-order valence-corrected chi connectivity index (χ3v) is 5.87. The Balaban J connectivity index is 1.83. The molecule has 2 aromatic rings. The maximum absolute atomic E-state index is 13.1. The van der Waals surface area contributed by atoms with Crippen LogP contribution >= 0.6 is 11.3 Å². The Morgan fingerprint density at radius 3 is 2.67 bits per heavy atom. The van der Waals surface area contributed by atoms with Gasteiger partial charge >= 0.3 is 5.97 Å². The van der Waals surface area contributed by atoms with Crippen LogP contribution in [-0.4, -0.2) is 34.0 Å². The van der Waals surface area contributed by atoms with Gasteiger partial charge in [0.05, 0.1) is 10.7 Å². The normalized spacial score (nSPS) is 20.0. The number of hydrogen-bond acceptors (Lipinski definition) is 4. The SMILES string of the molecule is Cc1nc(C2CCCN(C(C(=O)O)c3ccc(F)cc3)C2)sc1C. The van der Waals surface area contributed by atoms with E-state index in [-0.39, 0.29) is 11.7 Å². The standard InChI is InChI=1S/C18H21FN2O2S/c1-11-12(2)24-17(20-11)14-4-3-9-21(10-14)16(18(22)23)13-5-7-15(19)8-6-13/h5-8,14,16H,3-4,9-10H2,1-2H3,(H,22,23). The first-order chi connectivity index (χ1) is 11.5. The van der Waals surface area contributed by atoms with Gasteiger partial charge in [-0.3, -0.25) is 9.69 Å². The second-order valence-corrected chi connectivity index (χ2v) is 7.55. The summed E-state index contributed by atoms with van der Waals surface area (Å²) in [5.41, 5.74) is 1.68.